The third-order valence-corrected chi connectivity index (χ3v) is 12.2. The minimum atomic E-state index is -4.41. The van der Waals surface area contributed by atoms with Gasteiger partial charge in [-0.3, -0.25) is 27.3 Å². The predicted molar refractivity (Wildman–Crippen MR) is 248 cm³/mol. The fraction of sp³-hybridized carbons (Fsp3) is 0.870. The molecular weight excluding hydrogens is 801 g/mol. The Balaban J connectivity index is 0.00000252. The van der Waals surface area contributed by atoms with Gasteiger partial charge in [-0.05, 0) is 64.2 Å². The number of likely N-dealkylation sites (N-methyl/N-ethyl adjacent to an activating group) is 2. The second kappa shape index (κ2) is 38.8. The quantitative estimate of drug-likeness (QED) is 0.0198. The monoisotopic (exact) mass is 891 g/mol. The topological polar surface area (TPSA) is 145 Å². The Hall–Kier alpha value is -1.84. The van der Waals surface area contributed by atoms with E-state index >= 15 is 0 Å². The molecule has 0 saturated carbocycles. The molecule has 0 aliphatic carbocycles. The van der Waals surface area contributed by atoms with Crippen LogP contribution in [0.25, 0.3) is 0 Å². The van der Waals surface area contributed by atoms with Gasteiger partial charge >= 0.3 is 0 Å². The molecule has 0 aromatic rings. The van der Waals surface area contributed by atoms with E-state index in [-0.39, 0.29) is 0 Å². The lowest BCUT2D eigenvalue weighted by Gasteiger charge is -2.17. The highest BCUT2D eigenvalue weighted by Gasteiger charge is 2.32. The van der Waals surface area contributed by atoms with Crippen LogP contribution < -0.4 is 0 Å². The summed E-state index contributed by atoms with van der Waals surface area (Å²) in [5.74, 6) is 3.22. The number of hydrogen-bond acceptors (Lipinski definition) is 10. The molecular formula is C46H90N4O8S2. The van der Waals surface area contributed by atoms with Crippen LogP contribution in [0.15, 0.2) is 24.3 Å². The summed E-state index contributed by atoms with van der Waals surface area (Å²) in [6, 6.07) is 0. The first-order valence-corrected chi connectivity index (χ1v) is 26.4. The van der Waals surface area contributed by atoms with Crippen molar-refractivity contribution in [1.29, 1.82) is 0 Å². The number of rotatable bonds is 35. The van der Waals surface area contributed by atoms with Crippen LogP contribution in [0, 0.1) is 0 Å². The summed E-state index contributed by atoms with van der Waals surface area (Å²) in [6.07, 6.45) is 48.2. The lowest BCUT2D eigenvalue weighted by atomic mass is 10.1. The molecule has 0 spiro atoms. The van der Waals surface area contributed by atoms with E-state index in [0.717, 1.165) is 14.2 Å². The van der Waals surface area contributed by atoms with Crippen molar-refractivity contribution in [2.75, 3.05) is 67.6 Å². The molecule has 2 rings (SSSR count). The average molecular weight is 891 g/mol. The summed E-state index contributed by atoms with van der Waals surface area (Å²) in [5, 5.41) is 0. The fourth-order valence-corrected chi connectivity index (χ4v) is 7.67. The molecule has 0 saturated heterocycles. The van der Waals surface area contributed by atoms with Crippen LogP contribution in [-0.2, 0) is 29.2 Å². The summed E-state index contributed by atoms with van der Waals surface area (Å²) in [5.41, 5.74) is 0. The minimum Gasteiger partial charge on any atom is -0.726 e. The minimum absolute atomic E-state index is 0.808. The van der Waals surface area contributed by atoms with E-state index in [0.29, 0.717) is 0 Å². The summed E-state index contributed by atoms with van der Waals surface area (Å²) in [4.78, 5) is 5.43. The molecule has 0 aromatic heterocycles. The molecule has 0 aromatic carbocycles. The Bertz CT molecular complexity index is 1280. The van der Waals surface area contributed by atoms with E-state index in [1.165, 1.54) is 219 Å². The zero-order chi connectivity index (χ0) is 44.7. The number of nitrogens with zero attached hydrogens (tertiary/aromatic N) is 4. The zero-order valence-electron chi connectivity index (χ0n) is 39.2. The first-order chi connectivity index (χ1) is 28.8. The van der Waals surface area contributed by atoms with Crippen LogP contribution in [0.4, 0.5) is 0 Å². The molecule has 12 nitrogen and oxygen atoms in total. The van der Waals surface area contributed by atoms with Gasteiger partial charge in [0.1, 0.15) is 39.3 Å². The fourth-order valence-electron chi connectivity index (χ4n) is 7.67. The van der Waals surface area contributed by atoms with E-state index < -0.39 is 20.8 Å². The van der Waals surface area contributed by atoms with Gasteiger partial charge in [0.15, 0.2) is 0 Å². The Morgan fingerprint density at radius 3 is 1.00 bits per heavy atom. The maximum absolute atomic E-state index is 9.22. The Kier molecular flexibility index (Phi) is 37.6. The van der Waals surface area contributed by atoms with Gasteiger partial charge in [0.05, 0.1) is 28.3 Å². The van der Waals surface area contributed by atoms with Crippen molar-refractivity contribution in [3.63, 3.8) is 0 Å². The molecule has 60 heavy (non-hydrogen) atoms. The van der Waals surface area contributed by atoms with Gasteiger partial charge in [-0.25, -0.2) is 16.8 Å². The maximum Gasteiger partial charge on any atom is 0.246 e. The van der Waals surface area contributed by atoms with E-state index in [2.05, 4.69) is 79.6 Å². The second-order valence-electron chi connectivity index (χ2n) is 16.5. The number of amidine groups is 2. The van der Waals surface area contributed by atoms with Crippen molar-refractivity contribution in [3.05, 3.63) is 24.3 Å². The molecule has 0 fully saturated rings. The molecule has 14 heteroatoms. The van der Waals surface area contributed by atoms with E-state index in [4.69, 9.17) is 0 Å². The van der Waals surface area contributed by atoms with Gasteiger partial charge in [0.2, 0.25) is 32.5 Å². The number of unbranched alkanes of at least 4 members (excludes halogenated alkanes) is 22. The third-order valence-electron chi connectivity index (χ3n) is 11.4. The van der Waals surface area contributed by atoms with E-state index in [1.54, 1.807) is 11.7 Å². The average Bonchev–Trinajstić information content (AvgIpc) is 3.76. The molecule has 0 amide bonds. The summed E-state index contributed by atoms with van der Waals surface area (Å²) in [6.45, 7) is 11.8. The molecule has 2 aliphatic rings. The number of hydrogen-bond donors (Lipinski definition) is 0. The van der Waals surface area contributed by atoms with Gasteiger partial charge in [0, 0.05) is 12.8 Å². The number of allylic oxidation sites excluding steroid dienone is 4. The molecule has 0 N–H and O–H groups in total. The van der Waals surface area contributed by atoms with Crippen molar-refractivity contribution in [2.24, 2.45) is 0 Å². The first kappa shape index (κ1) is 58.2. The van der Waals surface area contributed by atoms with Crippen LogP contribution in [0.1, 0.15) is 194 Å². The zero-order valence-corrected chi connectivity index (χ0v) is 40.9. The molecule has 354 valence electrons. The summed E-state index contributed by atoms with van der Waals surface area (Å²) >= 11 is 0. The standard InChI is InChI=1S/C44H84N4.2CH4O4S/c1-5-7-9-11-13-15-17-19-21-23-25-27-29-31-33-35-43-45(3)37-39-47(43)41-42-48-40-38-46(4)44(48)36-34-32-30-28-26-24-22-20-18-16-14-12-10-8-6-2;2*1-5-6(2,3)4/h19-22H,5-18,23-42H2,1-4H3;2*1H3,(H,2,3,4)/q+2;;/p-2/b21-19+,22-20+;;. The lowest BCUT2D eigenvalue weighted by Crippen LogP contribution is -2.39. The first-order valence-electron chi connectivity index (χ1n) is 23.8. The smallest absolute Gasteiger partial charge is 0.246 e. The van der Waals surface area contributed by atoms with Crippen LogP contribution in [0.3, 0.4) is 0 Å². The van der Waals surface area contributed by atoms with Crippen molar-refractivity contribution in [3.8, 4) is 0 Å². The SMILES string of the molecule is CCCCCCCC/C=C/CCCCCCCC1=[N+](C)CCN1CCN1CC[N+](C)=C1CCCCCCC/C=C/CCCCCCCC.COS(=O)(=O)[O-].COS(=O)(=O)[O-]. The Morgan fingerprint density at radius 1 is 0.483 bits per heavy atom. The largest absolute Gasteiger partial charge is 0.726 e. The maximum atomic E-state index is 9.22. The molecule has 0 unspecified atom stereocenters. The van der Waals surface area contributed by atoms with Crippen LogP contribution in [0.2, 0.25) is 0 Å². The van der Waals surface area contributed by atoms with Crippen molar-refractivity contribution in [1.82, 2.24) is 9.80 Å². The van der Waals surface area contributed by atoms with Crippen LogP contribution in [0.5, 0.6) is 0 Å². The van der Waals surface area contributed by atoms with Crippen molar-refractivity contribution in [2.45, 2.75) is 194 Å². The summed E-state index contributed by atoms with van der Waals surface area (Å²) in [7, 11) is -2.57. The van der Waals surface area contributed by atoms with Crippen LogP contribution >= 0.6 is 0 Å². The summed E-state index contributed by atoms with van der Waals surface area (Å²) < 4.78 is 67.1. The molecule has 2 heterocycles. The highest BCUT2D eigenvalue weighted by molar-refractivity contribution is 7.81. The highest BCUT2D eigenvalue weighted by Crippen LogP contribution is 2.16. The predicted octanol–water partition coefficient (Wildman–Crippen LogP) is 9.96. The van der Waals surface area contributed by atoms with Gasteiger partial charge < -0.3 is 9.11 Å². The molecule has 0 atom stereocenters. The lowest BCUT2D eigenvalue weighted by molar-refractivity contribution is -0.487. The Morgan fingerprint density at radius 2 is 0.733 bits per heavy atom. The normalized spacial score (nSPS) is 14.8. The van der Waals surface area contributed by atoms with Gasteiger partial charge in [-0.1, -0.05) is 141 Å². The van der Waals surface area contributed by atoms with Crippen molar-refractivity contribution >= 4 is 32.5 Å². The Labute approximate surface area is 369 Å². The third kappa shape index (κ3) is 35.7. The van der Waals surface area contributed by atoms with Crippen LogP contribution in [-0.4, -0.2) is 124 Å². The van der Waals surface area contributed by atoms with Gasteiger partial charge in [-0.15, -0.1) is 0 Å². The molecule has 2 aliphatic heterocycles. The van der Waals surface area contributed by atoms with E-state index in [1.807, 2.05) is 0 Å². The highest BCUT2D eigenvalue weighted by atomic mass is 32.3. The molecule has 0 bridgehead atoms. The van der Waals surface area contributed by atoms with E-state index in [9.17, 15) is 25.9 Å². The second-order valence-corrected chi connectivity index (χ2v) is 18.8. The van der Waals surface area contributed by atoms with Crippen molar-refractivity contribution < 1.29 is 43.5 Å². The molecule has 0 radical (unpaired) electrons. The van der Waals surface area contributed by atoms with Gasteiger partial charge in [-0.2, -0.15) is 0 Å². The van der Waals surface area contributed by atoms with Gasteiger partial charge in [0.25, 0.3) is 0 Å².